The first-order chi connectivity index (χ1) is 11.2. The van der Waals surface area contributed by atoms with Gasteiger partial charge in [0.25, 0.3) is 0 Å². The first kappa shape index (κ1) is 17.1. The third-order valence-electron chi connectivity index (χ3n) is 4.10. The van der Waals surface area contributed by atoms with Gasteiger partial charge in [0.05, 0.1) is 0 Å². The lowest BCUT2D eigenvalue weighted by Gasteiger charge is -2.18. The lowest BCUT2D eigenvalue weighted by Crippen LogP contribution is -2.05. The largest absolute Gasteiger partial charge is 0.356 e. The van der Waals surface area contributed by atoms with E-state index in [9.17, 15) is 0 Å². The van der Waals surface area contributed by atoms with Crippen molar-refractivity contribution < 1.29 is 0 Å². The van der Waals surface area contributed by atoms with Gasteiger partial charge in [0, 0.05) is 16.9 Å². The predicted molar refractivity (Wildman–Crippen MR) is 104 cm³/mol. The summed E-state index contributed by atoms with van der Waals surface area (Å²) in [6, 6.07) is 14.6. The Morgan fingerprint density at radius 3 is 2.26 bits per heavy atom. The van der Waals surface area contributed by atoms with Crippen LogP contribution in [-0.2, 0) is 12.8 Å². The zero-order valence-electron chi connectivity index (χ0n) is 14.5. The molecule has 0 aromatic heterocycles. The second kappa shape index (κ2) is 8.38. The van der Waals surface area contributed by atoms with Gasteiger partial charge in [-0.05, 0) is 48.1 Å². The number of rotatable bonds is 7. The summed E-state index contributed by atoms with van der Waals surface area (Å²) in [5.74, 6) is 0. The Labute approximate surface area is 140 Å². The molecule has 0 aliphatic rings. The van der Waals surface area contributed by atoms with Crippen molar-refractivity contribution in [2.24, 2.45) is 0 Å². The molecule has 0 bridgehead atoms. The molecule has 23 heavy (non-hydrogen) atoms. The van der Waals surface area contributed by atoms with Gasteiger partial charge in [0.15, 0.2) is 0 Å². The maximum absolute atomic E-state index is 4.27. The van der Waals surface area contributed by atoms with Crippen LogP contribution < -0.4 is 5.32 Å². The van der Waals surface area contributed by atoms with Gasteiger partial charge < -0.3 is 5.32 Å². The first-order valence-electron chi connectivity index (χ1n) is 8.53. The van der Waals surface area contributed by atoms with E-state index in [0.717, 1.165) is 30.6 Å². The van der Waals surface area contributed by atoms with E-state index in [1.54, 1.807) is 0 Å². The highest BCUT2D eigenvalue weighted by atomic mass is 14.9. The zero-order chi connectivity index (χ0) is 16.7. The van der Waals surface area contributed by atoms with Crippen LogP contribution in [0.3, 0.4) is 0 Å². The number of hydrogen-bond donors (Lipinski definition) is 1. The average molecular weight is 305 g/mol. The van der Waals surface area contributed by atoms with Crippen LogP contribution >= 0.6 is 0 Å². The summed E-state index contributed by atoms with van der Waals surface area (Å²) < 4.78 is 0. The quantitative estimate of drug-likeness (QED) is 0.631. The van der Waals surface area contributed by atoms with Gasteiger partial charge in [-0.1, -0.05) is 69.8 Å². The van der Waals surface area contributed by atoms with Crippen LogP contribution in [0.5, 0.6) is 0 Å². The van der Waals surface area contributed by atoms with E-state index < -0.39 is 0 Å². The van der Waals surface area contributed by atoms with Gasteiger partial charge >= 0.3 is 0 Å². The SMILES string of the molecule is C=C(Nc1ccccc1)c1ccc(/C=C\CC)c(CC)c1CC. The van der Waals surface area contributed by atoms with Gasteiger partial charge in [-0.2, -0.15) is 0 Å². The van der Waals surface area contributed by atoms with Crippen molar-refractivity contribution in [3.63, 3.8) is 0 Å². The molecular formula is C22H27N. The number of hydrogen-bond acceptors (Lipinski definition) is 1. The Hall–Kier alpha value is -2.28. The number of para-hydroxylation sites is 1. The van der Waals surface area contributed by atoms with Crippen molar-refractivity contribution in [2.75, 3.05) is 5.32 Å². The molecule has 0 atom stereocenters. The second-order valence-corrected chi connectivity index (χ2v) is 5.65. The molecule has 2 rings (SSSR count). The lowest BCUT2D eigenvalue weighted by molar-refractivity contribution is 1.02. The molecule has 0 heterocycles. The fourth-order valence-electron chi connectivity index (χ4n) is 2.98. The number of benzene rings is 2. The minimum absolute atomic E-state index is 0.966. The Morgan fingerprint density at radius 1 is 0.957 bits per heavy atom. The zero-order valence-corrected chi connectivity index (χ0v) is 14.5. The molecule has 0 radical (unpaired) electrons. The van der Waals surface area contributed by atoms with Crippen molar-refractivity contribution in [3.05, 3.63) is 77.4 Å². The lowest BCUT2D eigenvalue weighted by atomic mass is 9.91. The fourth-order valence-corrected chi connectivity index (χ4v) is 2.98. The molecule has 1 nitrogen and oxygen atoms in total. The van der Waals surface area contributed by atoms with E-state index in [-0.39, 0.29) is 0 Å². The van der Waals surface area contributed by atoms with Gasteiger partial charge in [0.1, 0.15) is 0 Å². The van der Waals surface area contributed by atoms with E-state index in [4.69, 9.17) is 0 Å². The van der Waals surface area contributed by atoms with E-state index in [0.29, 0.717) is 0 Å². The van der Waals surface area contributed by atoms with Crippen LogP contribution in [0, 0.1) is 0 Å². The molecule has 1 heteroatoms. The topological polar surface area (TPSA) is 12.0 Å². The first-order valence-corrected chi connectivity index (χ1v) is 8.53. The molecule has 0 amide bonds. The van der Waals surface area contributed by atoms with Crippen LogP contribution in [-0.4, -0.2) is 0 Å². The third-order valence-corrected chi connectivity index (χ3v) is 4.10. The maximum Gasteiger partial charge on any atom is 0.0387 e. The summed E-state index contributed by atoms with van der Waals surface area (Å²) in [4.78, 5) is 0. The van der Waals surface area contributed by atoms with Gasteiger partial charge in [-0.15, -0.1) is 0 Å². The van der Waals surface area contributed by atoms with Crippen LogP contribution in [0.15, 0.2) is 55.1 Å². The predicted octanol–water partition coefficient (Wildman–Crippen LogP) is 6.32. The molecular weight excluding hydrogens is 278 g/mol. The number of anilines is 1. The molecule has 2 aromatic rings. The van der Waals surface area contributed by atoms with E-state index >= 15 is 0 Å². The highest BCUT2D eigenvalue weighted by Gasteiger charge is 2.12. The normalized spacial score (nSPS) is 10.9. The second-order valence-electron chi connectivity index (χ2n) is 5.65. The minimum Gasteiger partial charge on any atom is -0.356 e. The summed E-state index contributed by atoms with van der Waals surface area (Å²) in [6.45, 7) is 10.9. The van der Waals surface area contributed by atoms with Gasteiger partial charge in [-0.3, -0.25) is 0 Å². The Bertz CT molecular complexity index is 681. The van der Waals surface area contributed by atoms with Crippen LogP contribution in [0.2, 0.25) is 0 Å². The summed E-state index contributed by atoms with van der Waals surface area (Å²) in [5, 5.41) is 3.43. The van der Waals surface area contributed by atoms with E-state index in [2.05, 4.69) is 69.1 Å². The summed E-state index contributed by atoms with van der Waals surface area (Å²) >= 11 is 0. The summed E-state index contributed by atoms with van der Waals surface area (Å²) in [6.07, 6.45) is 7.59. The maximum atomic E-state index is 4.27. The molecule has 0 saturated carbocycles. The molecule has 1 N–H and O–H groups in total. The Kier molecular flexibility index (Phi) is 6.22. The molecule has 2 aromatic carbocycles. The standard InChI is InChI=1S/C22H27N/c1-5-8-12-18-15-16-22(21(7-3)20(18)6-2)17(4)23-19-13-10-9-11-14-19/h8-16,23H,4-7H2,1-3H3/b12-8-. The van der Waals surface area contributed by atoms with Crippen LogP contribution in [0.1, 0.15) is 49.4 Å². The molecule has 120 valence electrons. The average Bonchev–Trinajstić information content (AvgIpc) is 2.59. The van der Waals surface area contributed by atoms with Crippen molar-refractivity contribution >= 4 is 17.5 Å². The van der Waals surface area contributed by atoms with Gasteiger partial charge in [-0.25, -0.2) is 0 Å². The Morgan fingerprint density at radius 2 is 1.65 bits per heavy atom. The van der Waals surface area contributed by atoms with E-state index in [1.165, 1.54) is 22.3 Å². The highest BCUT2D eigenvalue weighted by molar-refractivity contribution is 5.78. The highest BCUT2D eigenvalue weighted by Crippen LogP contribution is 2.27. The molecule has 0 aliphatic carbocycles. The van der Waals surface area contributed by atoms with Crippen molar-refractivity contribution in [2.45, 2.75) is 40.0 Å². The molecule has 0 fully saturated rings. The summed E-state index contributed by atoms with van der Waals surface area (Å²) in [7, 11) is 0. The van der Waals surface area contributed by atoms with Crippen molar-refractivity contribution in [1.82, 2.24) is 0 Å². The number of allylic oxidation sites excluding steroid dienone is 1. The van der Waals surface area contributed by atoms with Crippen LogP contribution in [0.25, 0.3) is 11.8 Å². The number of nitrogens with one attached hydrogen (secondary N) is 1. The molecule has 0 spiro atoms. The minimum atomic E-state index is 0.966. The molecule has 0 saturated heterocycles. The van der Waals surface area contributed by atoms with E-state index in [1.807, 2.05) is 18.2 Å². The molecule has 0 unspecified atom stereocenters. The Balaban J connectivity index is 2.38. The van der Waals surface area contributed by atoms with Gasteiger partial charge in [0.2, 0.25) is 0 Å². The van der Waals surface area contributed by atoms with Crippen LogP contribution in [0.4, 0.5) is 5.69 Å². The van der Waals surface area contributed by atoms with Crippen molar-refractivity contribution in [1.29, 1.82) is 0 Å². The molecule has 0 aliphatic heterocycles. The fraction of sp³-hybridized carbons (Fsp3) is 0.273. The monoisotopic (exact) mass is 305 g/mol. The summed E-state index contributed by atoms with van der Waals surface area (Å²) in [5.41, 5.74) is 7.44. The van der Waals surface area contributed by atoms with Crippen molar-refractivity contribution in [3.8, 4) is 0 Å². The third kappa shape index (κ3) is 4.13. The smallest absolute Gasteiger partial charge is 0.0387 e.